The van der Waals surface area contributed by atoms with Crippen LogP contribution < -0.4 is 5.56 Å². The summed E-state index contributed by atoms with van der Waals surface area (Å²) in [4.78, 5) is 15.7. The Labute approximate surface area is 220 Å². The molecule has 4 aromatic rings. The number of hydrogen-bond donors (Lipinski definition) is 0. The third-order valence-corrected chi connectivity index (χ3v) is 7.48. The van der Waals surface area contributed by atoms with Gasteiger partial charge in [-0.05, 0) is 92.8 Å². The van der Waals surface area contributed by atoms with Crippen molar-refractivity contribution in [2.75, 3.05) is 13.1 Å². The van der Waals surface area contributed by atoms with E-state index in [1.807, 2.05) is 31.2 Å². The molecule has 0 aliphatic carbocycles. The molecule has 0 unspecified atom stereocenters. The second-order valence-corrected chi connectivity index (χ2v) is 11.0. The van der Waals surface area contributed by atoms with Crippen molar-refractivity contribution >= 4 is 28.1 Å². The van der Waals surface area contributed by atoms with Gasteiger partial charge >= 0.3 is 0 Å². The van der Waals surface area contributed by atoms with Crippen LogP contribution in [0.5, 0.6) is 0 Å². The van der Waals surface area contributed by atoms with Crippen molar-refractivity contribution in [3.63, 3.8) is 0 Å². The van der Waals surface area contributed by atoms with Crippen LogP contribution in [0.2, 0.25) is 5.02 Å². The summed E-state index contributed by atoms with van der Waals surface area (Å²) in [5.74, 6) is -1.29. The molecule has 0 N–H and O–H groups in total. The van der Waals surface area contributed by atoms with Gasteiger partial charge in [0.25, 0.3) is 5.56 Å². The van der Waals surface area contributed by atoms with E-state index in [-0.39, 0.29) is 16.7 Å². The monoisotopic (exact) mass is 518 g/mol. The van der Waals surface area contributed by atoms with Gasteiger partial charge in [-0.25, -0.2) is 8.78 Å². The van der Waals surface area contributed by atoms with Crippen LogP contribution in [0.3, 0.4) is 0 Å². The average molecular weight is 519 g/mol. The molecule has 0 radical (unpaired) electrons. The van der Waals surface area contributed by atoms with E-state index >= 15 is 4.39 Å². The molecule has 0 bridgehead atoms. The van der Waals surface area contributed by atoms with E-state index in [1.54, 1.807) is 16.7 Å². The number of pyridine rings is 1. The number of aromatic nitrogens is 1. The lowest BCUT2D eigenvalue weighted by atomic mass is 9.91. The number of halogens is 3. The SMILES string of the molecule is Cc1cccc(Cl)c1-n1c(=O)ccc2c(-c3ccc(F)cc3F)cc(C3=CCN(C(C)(C)C)CC3)cc21. The third kappa shape index (κ3) is 4.74. The van der Waals surface area contributed by atoms with Crippen LogP contribution in [0.1, 0.15) is 38.3 Å². The fraction of sp³-hybridized carbons (Fsp3) is 0.258. The first-order chi connectivity index (χ1) is 17.5. The standard InChI is InChI=1S/C31H29ClF2N2O/c1-19-6-5-7-26(32)30(19)36-28-17-21(20-12-14-35(15-13-20)31(2,3)4)16-25(24(28)10-11-29(36)37)23-9-8-22(33)18-27(23)34/h5-12,16-18H,13-15H2,1-4H3. The average Bonchev–Trinajstić information content (AvgIpc) is 2.84. The Morgan fingerprint density at radius 2 is 1.73 bits per heavy atom. The Kier molecular flexibility index (Phi) is 6.55. The number of fused-ring (bicyclic) bond motifs is 1. The molecule has 37 heavy (non-hydrogen) atoms. The fourth-order valence-corrected chi connectivity index (χ4v) is 5.45. The van der Waals surface area contributed by atoms with Gasteiger partial charge in [-0.1, -0.05) is 29.8 Å². The molecular formula is C31H29ClF2N2O. The summed E-state index contributed by atoms with van der Waals surface area (Å²) in [6.07, 6.45) is 3.02. The van der Waals surface area contributed by atoms with Crippen LogP contribution >= 0.6 is 11.6 Å². The lowest BCUT2D eigenvalue weighted by Crippen LogP contribution is -2.43. The number of nitrogens with zero attached hydrogens (tertiary/aromatic N) is 2. The number of benzene rings is 3. The third-order valence-electron chi connectivity index (χ3n) is 7.17. The second kappa shape index (κ2) is 9.55. The summed E-state index contributed by atoms with van der Waals surface area (Å²) in [5, 5.41) is 1.13. The lowest BCUT2D eigenvalue weighted by molar-refractivity contribution is 0.153. The largest absolute Gasteiger partial charge is 0.294 e. The summed E-state index contributed by atoms with van der Waals surface area (Å²) >= 11 is 6.60. The molecule has 1 aliphatic rings. The highest BCUT2D eigenvalue weighted by atomic mass is 35.5. The first-order valence-corrected chi connectivity index (χ1v) is 12.8. The molecule has 0 saturated heterocycles. The van der Waals surface area contributed by atoms with E-state index in [4.69, 9.17) is 11.6 Å². The maximum Gasteiger partial charge on any atom is 0.255 e. The van der Waals surface area contributed by atoms with Crippen molar-refractivity contribution in [3.8, 4) is 16.8 Å². The predicted octanol–water partition coefficient (Wildman–Crippen LogP) is 7.79. The minimum Gasteiger partial charge on any atom is -0.294 e. The van der Waals surface area contributed by atoms with Crippen LogP contribution in [0.15, 0.2) is 71.5 Å². The molecule has 5 rings (SSSR count). The highest BCUT2D eigenvalue weighted by Crippen LogP contribution is 2.37. The molecule has 6 heteroatoms. The number of aryl methyl sites for hydroxylation is 1. The van der Waals surface area contributed by atoms with Crippen molar-refractivity contribution < 1.29 is 8.78 Å². The number of rotatable bonds is 3. The zero-order valence-corrected chi connectivity index (χ0v) is 22.2. The van der Waals surface area contributed by atoms with Gasteiger partial charge in [-0.15, -0.1) is 0 Å². The van der Waals surface area contributed by atoms with Gasteiger partial charge in [-0.3, -0.25) is 14.3 Å². The van der Waals surface area contributed by atoms with E-state index in [1.165, 1.54) is 18.2 Å². The first-order valence-electron chi connectivity index (χ1n) is 12.4. The lowest BCUT2D eigenvalue weighted by Gasteiger charge is -2.37. The zero-order chi connectivity index (χ0) is 26.5. The van der Waals surface area contributed by atoms with Gasteiger partial charge in [0.1, 0.15) is 11.6 Å². The summed E-state index contributed by atoms with van der Waals surface area (Å²) in [6, 6.07) is 16.2. The molecule has 3 nitrogen and oxygen atoms in total. The van der Waals surface area contributed by atoms with Crippen LogP contribution in [-0.4, -0.2) is 28.1 Å². The minimum absolute atomic E-state index is 0.0515. The van der Waals surface area contributed by atoms with E-state index in [0.717, 1.165) is 42.3 Å². The Bertz CT molecular complexity index is 1590. The molecule has 0 fully saturated rings. The van der Waals surface area contributed by atoms with Crippen LogP contribution in [0.4, 0.5) is 8.78 Å². The van der Waals surface area contributed by atoms with E-state index in [0.29, 0.717) is 27.2 Å². The van der Waals surface area contributed by atoms with Crippen molar-refractivity contribution in [2.45, 2.75) is 39.7 Å². The molecule has 190 valence electrons. The number of hydrogen-bond acceptors (Lipinski definition) is 2. The van der Waals surface area contributed by atoms with Gasteiger partial charge in [-0.2, -0.15) is 0 Å². The molecule has 0 spiro atoms. The van der Waals surface area contributed by atoms with Crippen molar-refractivity contribution in [1.29, 1.82) is 0 Å². The molecule has 0 atom stereocenters. The van der Waals surface area contributed by atoms with E-state index in [9.17, 15) is 9.18 Å². The van der Waals surface area contributed by atoms with E-state index in [2.05, 4.69) is 31.7 Å². The Morgan fingerprint density at radius 1 is 0.946 bits per heavy atom. The summed E-state index contributed by atoms with van der Waals surface area (Å²) < 4.78 is 30.5. The van der Waals surface area contributed by atoms with Gasteiger partial charge < -0.3 is 0 Å². The predicted molar refractivity (Wildman–Crippen MR) is 149 cm³/mol. The Hall–Kier alpha value is -3.28. The summed E-state index contributed by atoms with van der Waals surface area (Å²) in [7, 11) is 0. The van der Waals surface area contributed by atoms with Crippen LogP contribution in [0, 0.1) is 18.6 Å². The highest BCUT2D eigenvalue weighted by Gasteiger charge is 2.24. The fourth-order valence-electron chi connectivity index (χ4n) is 5.14. The Balaban J connectivity index is 1.82. The molecule has 0 amide bonds. The summed E-state index contributed by atoms with van der Waals surface area (Å²) in [5.41, 5.74) is 4.80. The first kappa shape index (κ1) is 25.4. The van der Waals surface area contributed by atoms with Crippen LogP contribution in [-0.2, 0) is 0 Å². The number of para-hydroxylation sites is 1. The molecule has 1 aliphatic heterocycles. The zero-order valence-electron chi connectivity index (χ0n) is 21.4. The van der Waals surface area contributed by atoms with Crippen LogP contribution in [0.25, 0.3) is 33.3 Å². The second-order valence-electron chi connectivity index (χ2n) is 10.6. The van der Waals surface area contributed by atoms with Crippen molar-refractivity contribution in [3.05, 3.63) is 105 Å². The van der Waals surface area contributed by atoms with Gasteiger partial charge in [0, 0.05) is 41.7 Å². The van der Waals surface area contributed by atoms with Crippen molar-refractivity contribution in [2.24, 2.45) is 0 Å². The van der Waals surface area contributed by atoms with E-state index < -0.39 is 11.6 Å². The van der Waals surface area contributed by atoms with Gasteiger partial charge in [0.15, 0.2) is 0 Å². The summed E-state index contributed by atoms with van der Waals surface area (Å²) in [6.45, 7) is 10.2. The smallest absolute Gasteiger partial charge is 0.255 e. The molecule has 0 saturated carbocycles. The minimum atomic E-state index is -0.651. The molecule has 3 aromatic carbocycles. The maximum absolute atomic E-state index is 15.1. The highest BCUT2D eigenvalue weighted by molar-refractivity contribution is 6.32. The molecule has 1 aromatic heterocycles. The van der Waals surface area contributed by atoms with Crippen molar-refractivity contribution in [1.82, 2.24) is 9.47 Å². The Morgan fingerprint density at radius 3 is 2.38 bits per heavy atom. The topological polar surface area (TPSA) is 25.2 Å². The normalized spacial score (nSPS) is 14.7. The van der Waals surface area contributed by atoms with Gasteiger partial charge in [0.2, 0.25) is 0 Å². The quantitative estimate of drug-likeness (QED) is 0.276. The molecule has 2 heterocycles. The van der Waals surface area contributed by atoms with Gasteiger partial charge in [0.05, 0.1) is 16.2 Å². The maximum atomic E-state index is 15.1. The molecular weight excluding hydrogens is 490 g/mol.